The highest BCUT2D eigenvalue weighted by atomic mass is 79.9. The number of thiazole rings is 1. The number of hydrogen-bond acceptors (Lipinski definition) is 4. The van der Waals surface area contributed by atoms with Crippen LogP contribution in [-0.2, 0) is 0 Å². The molecule has 3 aromatic rings. The average Bonchev–Trinajstić information content (AvgIpc) is 2.97. The number of carboxylic acids is 1. The minimum Gasteiger partial charge on any atom is -0.478 e. The van der Waals surface area contributed by atoms with Crippen molar-refractivity contribution < 1.29 is 9.90 Å². The largest absolute Gasteiger partial charge is 0.478 e. The zero-order valence-corrected chi connectivity index (χ0v) is 13.9. The van der Waals surface area contributed by atoms with E-state index in [1.54, 1.807) is 24.3 Å². The molecular weight excluding hydrogens is 364 g/mol. The second-order valence-corrected chi connectivity index (χ2v) is 5.27. The van der Waals surface area contributed by atoms with E-state index >= 15 is 0 Å². The first kappa shape index (κ1) is 16.2. The Morgan fingerprint density at radius 1 is 1.05 bits per heavy atom. The van der Waals surface area contributed by atoms with Crippen LogP contribution in [-0.4, -0.2) is 16.1 Å². The van der Waals surface area contributed by atoms with Gasteiger partial charge in [0.05, 0.1) is 11.3 Å². The van der Waals surface area contributed by atoms with Gasteiger partial charge in [-0.05, 0) is 24.3 Å². The summed E-state index contributed by atoms with van der Waals surface area (Å²) in [5, 5.41) is 14.8. The molecule has 22 heavy (non-hydrogen) atoms. The highest BCUT2D eigenvalue weighted by Gasteiger charge is 2.05. The van der Waals surface area contributed by atoms with Crippen molar-refractivity contribution in [3.63, 3.8) is 0 Å². The maximum absolute atomic E-state index is 10.8. The number of benzene rings is 2. The summed E-state index contributed by atoms with van der Waals surface area (Å²) in [7, 11) is 0. The quantitative estimate of drug-likeness (QED) is 0.684. The minimum atomic E-state index is -0.929. The third kappa shape index (κ3) is 3.72. The molecule has 3 rings (SSSR count). The monoisotopic (exact) mass is 376 g/mol. The van der Waals surface area contributed by atoms with Crippen molar-refractivity contribution in [2.75, 3.05) is 5.32 Å². The molecule has 0 radical (unpaired) electrons. The molecule has 0 saturated heterocycles. The number of anilines is 2. The summed E-state index contributed by atoms with van der Waals surface area (Å²) >= 11 is 1.51. The Bertz CT molecular complexity index is 757. The predicted octanol–water partition coefficient (Wildman–Crippen LogP) is 4.83. The highest BCUT2D eigenvalue weighted by Crippen LogP contribution is 2.27. The van der Waals surface area contributed by atoms with Gasteiger partial charge in [0, 0.05) is 16.6 Å². The van der Waals surface area contributed by atoms with Gasteiger partial charge < -0.3 is 10.4 Å². The van der Waals surface area contributed by atoms with Gasteiger partial charge >= 0.3 is 5.97 Å². The summed E-state index contributed by atoms with van der Waals surface area (Å²) in [6, 6.07) is 16.5. The molecule has 4 nitrogen and oxygen atoms in total. The number of carboxylic acid groups (broad SMARTS) is 1. The number of hydrogen-bond donors (Lipinski definition) is 2. The van der Waals surface area contributed by atoms with Gasteiger partial charge in [0.2, 0.25) is 0 Å². The molecule has 0 aliphatic heterocycles. The van der Waals surface area contributed by atoms with Gasteiger partial charge in [0.25, 0.3) is 0 Å². The van der Waals surface area contributed by atoms with Crippen LogP contribution in [0.4, 0.5) is 10.8 Å². The van der Waals surface area contributed by atoms with Crippen molar-refractivity contribution >= 4 is 45.1 Å². The molecule has 2 aromatic carbocycles. The van der Waals surface area contributed by atoms with Crippen molar-refractivity contribution in [2.45, 2.75) is 0 Å². The summed E-state index contributed by atoms with van der Waals surface area (Å²) in [5.41, 5.74) is 3.08. The summed E-state index contributed by atoms with van der Waals surface area (Å²) in [6.07, 6.45) is 0. The molecule has 0 aliphatic rings. The van der Waals surface area contributed by atoms with Crippen LogP contribution in [0.25, 0.3) is 11.3 Å². The molecule has 0 bridgehead atoms. The fraction of sp³-hybridized carbons (Fsp3) is 0. The molecule has 6 heteroatoms. The van der Waals surface area contributed by atoms with Crippen LogP contribution in [0.5, 0.6) is 0 Å². The van der Waals surface area contributed by atoms with Crippen molar-refractivity contribution in [3.8, 4) is 11.3 Å². The van der Waals surface area contributed by atoms with Crippen molar-refractivity contribution in [2.24, 2.45) is 0 Å². The Morgan fingerprint density at radius 2 is 1.73 bits per heavy atom. The topological polar surface area (TPSA) is 62.2 Å². The maximum Gasteiger partial charge on any atom is 0.335 e. The molecule has 0 unspecified atom stereocenters. The van der Waals surface area contributed by atoms with Gasteiger partial charge in [0.15, 0.2) is 5.13 Å². The van der Waals surface area contributed by atoms with Gasteiger partial charge in [0.1, 0.15) is 0 Å². The molecule has 112 valence electrons. The molecule has 2 N–H and O–H groups in total. The lowest BCUT2D eigenvalue weighted by Gasteiger charge is -2.02. The van der Waals surface area contributed by atoms with Gasteiger partial charge in [-0.2, -0.15) is 0 Å². The van der Waals surface area contributed by atoms with Crippen LogP contribution < -0.4 is 5.32 Å². The molecule has 0 aliphatic carbocycles. The van der Waals surface area contributed by atoms with Gasteiger partial charge in [-0.25, -0.2) is 9.78 Å². The van der Waals surface area contributed by atoms with Crippen molar-refractivity contribution in [1.82, 2.24) is 4.98 Å². The van der Waals surface area contributed by atoms with E-state index in [0.717, 1.165) is 22.1 Å². The van der Waals surface area contributed by atoms with E-state index in [1.807, 2.05) is 35.7 Å². The Labute approximate surface area is 142 Å². The summed E-state index contributed by atoms with van der Waals surface area (Å²) < 4.78 is 0. The molecule has 0 spiro atoms. The molecule has 0 amide bonds. The van der Waals surface area contributed by atoms with Crippen molar-refractivity contribution in [1.29, 1.82) is 0 Å². The lowest BCUT2D eigenvalue weighted by Crippen LogP contribution is -1.96. The molecule has 1 heterocycles. The highest BCUT2D eigenvalue weighted by molar-refractivity contribution is 8.93. The number of aromatic nitrogens is 1. The van der Waals surface area contributed by atoms with Gasteiger partial charge in [-0.15, -0.1) is 28.3 Å². The van der Waals surface area contributed by atoms with E-state index < -0.39 is 5.97 Å². The van der Waals surface area contributed by atoms with Crippen LogP contribution >= 0.6 is 28.3 Å². The fourth-order valence-corrected chi connectivity index (χ4v) is 2.63. The number of carbonyl (C=O) groups is 1. The zero-order chi connectivity index (χ0) is 14.7. The smallest absolute Gasteiger partial charge is 0.335 e. The molecule has 1 aromatic heterocycles. The average molecular weight is 377 g/mol. The molecule has 0 saturated carbocycles. The number of nitrogens with one attached hydrogen (secondary N) is 1. The number of rotatable bonds is 4. The Hall–Kier alpha value is -2.18. The molecule has 0 fully saturated rings. The third-order valence-electron chi connectivity index (χ3n) is 2.96. The lowest BCUT2D eigenvalue weighted by molar-refractivity contribution is 0.0697. The summed E-state index contributed by atoms with van der Waals surface area (Å²) in [4.78, 5) is 15.3. The fourth-order valence-electron chi connectivity index (χ4n) is 1.89. The maximum atomic E-state index is 10.8. The minimum absolute atomic E-state index is 0. The van der Waals surface area contributed by atoms with Gasteiger partial charge in [-0.3, -0.25) is 0 Å². The number of halogens is 1. The Balaban J connectivity index is 0.00000176. The molecular formula is C16H13BrN2O2S. The van der Waals surface area contributed by atoms with Gasteiger partial charge in [-0.1, -0.05) is 30.3 Å². The van der Waals surface area contributed by atoms with E-state index in [-0.39, 0.29) is 22.5 Å². The van der Waals surface area contributed by atoms with E-state index in [4.69, 9.17) is 5.11 Å². The van der Waals surface area contributed by atoms with Crippen LogP contribution in [0.15, 0.2) is 60.0 Å². The van der Waals surface area contributed by atoms with Crippen LogP contribution in [0, 0.1) is 0 Å². The van der Waals surface area contributed by atoms with Crippen LogP contribution in [0.3, 0.4) is 0 Å². The van der Waals surface area contributed by atoms with E-state index in [9.17, 15) is 4.79 Å². The second-order valence-electron chi connectivity index (χ2n) is 4.41. The number of nitrogens with zero attached hydrogens (tertiary/aromatic N) is 1. The first-order chi connectivity index (χ1) is 10.2. The normalized spacial score (nSPS) is 9.82. The van der Waals surface area contributed by atoms with E-state index in [0.29, 0.717) is 0 Å². The first-order valence-corrected chi connectivity index (χ1v) is 7.22. The van der Waals surface area contributed by atoms with E-state index in [2.05, 4.69) is 10.3 Å². The SMILES string of the molecule is Br.O=C(O)c1ccc(Nc2nc(-c3ccccc3)cs2)cc1. The van der Waals surface area contributed by atoms with E-state index in [1.165, 1.54) is 11.3 Å². The Kier molecular flexibility index (Phi) is 5.30. The number of aromatic carboxylic acids is 1. The summed E-state index contributed by atoms with van der Waals surface area (Å²) in [6.45, 7) is 0. The summed E-state index contributed by atoms with van der Waals surface area (Å²) in [5.74, 6) is -0.929. The molecule has 0 atom stereocenters. The van der Waals surface area contributed by atoms with Crippen LogP contribution in [0.2, 0.25) is 0 Å². The standard InChI is InChI=1S/C16H12N2O2S.BrH/c19-15(20)12-6-8-13(9-7-12)17-16-18-14(10-21-16)11-4-2-1-3-5-11;/h1-10H,(H,17,18)(H,19,20);1H. The Morgan fingerprint density at radius 3 is 2.36 bits per heavy atom. The lowest BCUT2D eigenvalue weighted by atomic mass is 10.2. The third-order valence-corrected chi connectivity index (χ3v) is 3.71. The second kappa shape index (κ2) is 7.20. The van der Waals surface area contributed by atoms with Crippen LogP contribution in [0.1, 0.15) is 10.4 Å². The predicted molar refractivity (Wildman–Crippen MR) is 94.6 cm³/mol. The first-order valence-electron chi connectivity index (χ1n) is 6.34. The zero-order valence-electron chi connectivity index (χ0n) is 11.4. The van der Waals surface area contributed by atoms with Crippen molar-refractivity contribution in [3.05, 3.63) is 65.5 Å².